The Hall–Kier alpha value is -3.75. The molecule has 38 heavy (non-hydrogen) atoms. The van der Waals surface area contributed by atoms with Crippen molar-refractivity contribution in [2.75, 3.05) is 26.7 Å². The number of likely N-dealkylation sites (N-methyl/N-ethyl adjacent to an activating group) is 1. The van der Waals surface area contributed by atoms with Crippen LogP contribution in [-0.2, 0) is 6.54 Å². The Morgan fingerprint density at radius 1 is 1.18 bits per heavy atom. The maximum atomic E-state index is 13.7. The van der Waals surface area contributed by atoms with Crippen LogP contribution in [0.4, 0.5) is 0 Å². The number of aromatic nitrogens is 1. The van der Waals surface area contributed by atoms with Gasteiger partial charge in [-0.15, -0.1) is 0 Å². The lowest BCUT2D eigenvalue weighted by Gasteiger charge is -2.37. The molecular formula is C30H35N3O5. The number of nitrogens with zero attached hydrogens (tertiary/aromatic N) is 3. The third-order valence-corrected chi connectivity index (χ3v) is 7.09. The first-order chi connectivity index (χ1) is 18.2. The Bertz CT molecular complexity index is 1290. The summed E-state index contributed by atoms with van der Waals surface area (Å²) in [4.78, 5) is 33.6. The third-order valence-electron chi connectivity index (χ3n) is 7.09. The molecule has 2 heterocycles. The Morgan fingerprint density at radius 3 is 2.58 bits per heavy atom. The normalized spacial score (nSPS) is 18.4. The number of pyridine rings is 1. The molecule has 1 aliphatic rings. The molecule has 0 radical (unpaired) electrons. The summed E-state index contributed by atoms with van der Waals surface area (Å²) in [5.74, 6) is -0.995. The molecule has 0 unspecified atom stereocenters. The second-order valence-corrected chi connectivity index (χ2v) is 10.2. The number of rotatable bonds is 8. The standard InChI is InChI=1S/C30H35N3O5/c1-19-9-11-22(12-10-19)24-13-26-28(31-14-24)38-27(20(2)15-33(29(26)35)21(3)18-34)17-32(4)16-23-7-5-6-8-25(23)30(36)37/h5-14,20-21,27,34H,15-18H2,1-4H3,(H,36,37)/t20-,21+,27-/m1/s1. The number of aryl methyl sites for hydroxylation is 1. The first-order valence-electron chi connectivity index (χ1n) is 12.8. The van der Waals surface area contributed by atoms with Gasteiger partial charge < -0.3 is 19.8 Å². The number of carboxylic acid groups (broad SMARTS) is 1. The third kappa shape index (κ3) is 6.03. The van der Waals surface area contributed by atoms with Crippen molar-refractivity contribution in [3.63, 3.8) is 0 Å². The SMILES string of the molecule is Cc1ccc(-c2cnc3c(c2)C(=O)N([C@@H](C)CO)C[C@@H](C)[C@@H](CN(C)Cc2ccccc2C(=O)O)O3)cc1. The van der Waals surface area contributed by atoms with E-state index < -0.39 is 5.97 Å². The molecule has 0 bridgehead atoms. The fraction of sp³-hybridized carbons (Fsp3) is 0.367. The molecule has 1 aliphatic heterocycles. The summed E-state index contributed by atoms with van der Waals surface area (Å²) >= 11 is 0. The van der Waals surface area contributed by atoms with Gasteiger partial charge in [0.25, 0.3) is 5.91 Å². The lowest BCUT2D eigenvalue weighted by molar-refractivity contribution is 0.0325. The summed E-state index contributed by atoms with van der Waals surface area (Å²) in [5, 5.41) is 19.5. The highest BCUT2D eigenvalue weighted by Crippen LogP contribution is 2.30. The van der Waals surface area contributed by atoms with E-state index in [1.54, 1.807) is 23.2 Å². The van der Waals surface area contributed by atoms with E-state index in [9.17, 15) is 19.8 Å². The second kappa shape index (κ2) is 11.8. The lowest BCUT2D eigenvalue weighted by Crippen LogP contribution is -2.49. The molecule has 3 atom stereocenters. The minimum absolute atomic E-state index is 0.0724. The molecule has 0 spiro atoms. The van der Waals surface area contributed by atoms with Crippen molar-refractivity contribution >= 4 is 11.9 Å². The van der Waals surface area contributed by atoms with Crippen molar-refractivity contribution < 1.29 is 24.5 Å². The predicted octanol–water partition coefficient (Wildman–Crippen LogP) is 4.11. The van der Waals surface area contributed by atoms with E-state index in [4.69, 9.17) is 4.74 Å². The molecule has 0 saturated heterocycles. The summed E-state index contributed by atoms with van der Waals surface area (Å²) in [5.41, 5.74) is 4.25. The van der Waals surface area contributed by atoms with E-state index in [2.05, 4.69) is 4.98 Å². The molecule has 4 rings (SSSR count). The van der Waals surface area contributed by atoms with Crippen LogP contribution in [0, 0.1) is 12.8 Å². The molecule has 2 N–H and O–H groups in total. The van der Waals surface area contributed by atoms with Gasteiger partial charge in [-0.3, -0.25) is 9.69 Å². The van der Waals surface area contributed by atoms with Gasteiger partial charge in [-0.1, -0.05) is 55.0 Å². The Balaban J connectivity index is 1.65. The van der Waals surface area contributed by atoms with Gasteiger partial charge in [0.05, 0.1) is 18.2 Å². The van der Waals surface area contributed by atoms with Crippen LogP contribution in [0.1, 0.15) is 45.7 Å². The topological polar surface area (TPSA) is 103 Å². The number of benzene rings is 2. The van der Waals surface area contributed by atoms with Crippen molar-refractivity contribution in [2.24, 2.45) is 5.92 Å². The van der Waals surface area contributed by atoms with Crippen LogP contribution in [-0.4, -0.2) is 75.8 Å². The summed E-state index contributed by atoms with van der Waals surface area (Å²) in [6, 6.07) is 16.4. The first kappa shape index (κ1) is 27.3. The molecule has 3 aromatic rings. The van der Waals surface area contributed by atoms with E-state index >= 15 is 0 Å². The summed E-state index contributed by atoms with van der Waals surface area (Å²) in [7, 11) is 1.92. The fourth-order valence-corrected chi connectivity index (χ4v) is 4.75. The molecular weight excluding hydrogens is 482 g/mol. The van der Waals surface area contributed by atoms with E-state index in [-0.39, 0.29) is 42.0 Å². The molecule has 0 saturated carbocycles. The number of aliphatic hydroxyl groups is 1. The van der Waals surface area contributed by atoms with Gasteiger partial charge >= 0.3 is 5.97 Å². The van der Waals surface area contributed by atoms with Gasteiger partial charge in [0.2, 0.25) is 5.88 Å². The van der Waals surface area contributed by atoms with Gasteiger partial charge in [-0.2, -0.15) is 0 Å². The maximum Gasteiger partial charge on any atom is 0.336 e. The molecule has 200 valence electrons. The largest absolute Gasteiger partial charge is 0.478 e. The van der Waals surface area contributed by atoms with Crippen LogP contribution in [0.15, 0.2) is 60.8 Å². The van der Waals surface area contributed by atoms with E-state index in [1.807, 2.05) is 75.2 Å². The number of carboxylic acids is 1. The van der Waals surface area contributed by atoms with E-state index in [0.717, 1.165) is 16.7 Å². The van der Waals surface area contributed by atoms with Gasteiger partial charge in [0.15, 0.2) is 0 Å². The van der Waals surface area contributed by atoms with E-state index in [1.165, 1.54) is 0 Å². The minimum atomic E-state index is -0.959. The molecule has 1 amide bonds. The van der Waals surface area contributed by atoms with Crippen LogP contribution in [0.3, 0.4) is 0 Å². The van der Waals surface area contributed by atoms with Crippen molar-refractivity contribution in [2.45, 2.75) is 39.5 Å². The molecule has 0 fully saturated rings. The summed E-state index contributed by atoms with van der Waals surface area (Å²) in [6.07, 6.45) is 1.39. The highest BCUT2D eigenvalue weighted by Gasteiger charge is 2.34. The zero-order chi connectivity index (χ0) is 27.4. The van der Waals surface area contributed by atoms with Crippen molar-refractivity contribution in [1.29, 1.82) is 0 Å². The number of aromatic carboxylic acids is 1. The number of fused-ring (bicyclic) bond motifs is 1. The van der Waals surface area contributed by atoms with Crippen LogP contribution in [0.5, 0.6) is 5.88 Å². The smallest absolute Gasteiger partial charge is 0.336 e. The van der Waals surface area contributed by atoms with Gasteiger partial charge in [-0.25, -0.2) is 9.78 Å². The van der Waals surface area contributed by atoms with Gasteiger partial charge in [0.1, 0.15) is 11.7 Å². The van der Waals surface area contributed by atoms with E-state index in [0.29, 0.717) is 30.8 Å². The van der Waals surface area contributed by atoms with Crippen molar-refractivity contribution in [1.82, 2.24) is 14.8 Å². The average Bonchev–Trinajstić information content (AvgIpc) is 2.90. The van der Waals surface area contributed by atoms with Gasteiger partial charge in [-0.05, 0) is 44.2 Å². The van der Waals surface area contributed by atoms with Crippen LogP contribution in [0.2, 0.25) is 0 Å². The Kier molecular flexibility index (Phi) is 8.44. The Morgan fingerprint density at radius 2 is 1.89 bits per heavy atom. The van der Waals surface area contributed by atoms with Gasteiger partial charge in [0, 0.05) is 37.3 Å². The van der Waals surface area contributed by atoms with Crippen LogP contribution < -0.4 is 4.74 Å². The zero-order valence-electron chi connectivity index (χ0n) is 22.3. The van der Waals surface area contributed by atoms with Crippen molar-refractivity contribution in [3.8, 4) is 17.0 Å². The number of amides is 1. The minimum Gasteiger partial charge on any atom is -0.478 e. The van der Waals surface area contributed by atoms with Crippen molar-refractivity contribution in [3.05, 3.63) is 83.0 Å². The predicted molar refractivity (Wildman–Crippen MR) is 145 cm³/mol. The molecule has 8 heteroatoms. The number of carbonyl (C=O) groups is 2. The van der Waals surface area contributed by atoms with Crippen LogP contribution >= 0.6 is 0 Å². The number of hydrogen-bond donors (Lipinski definition) is 2. The molecule has 2 aromatic carbocycles. The fourth-order valence-electron chi connectivity index (χ4n) is 4.75. The maximum absolute atomic E-state index is 13.7. The first-order valence-corrected chi connectivity index (χ1v) is 12.8. The number of hydrogen-bond acceptors (Lipinski definition) is 6. The summed E-state index contributed by atoms with van der Waals surface area (Å²) < 4.78 is 6.40. The highest BCUT2D eigenvalue weighted by molar-refractivity contribution is 5.98. The second-order valence-electron chi connectivity index (χ2n) is 10.2. The molecule has 1 aromatic heterocycles. The lowest BCUT2D eigenvalue weighted by atomic mass is 9.98. The highest BCUT2D eigenvalue weighted by atomic mass is 16.5. The number of carbonyl (C=O) groups excluding carboxylic acids is 1. The monoisotopic (exact) mass is 517 g/mol. The molecule has 8 nitrogen and oxygen atoms in total. The quantitative estimate of drug-likeness (QED) is 0.464. The van der Waals surface area contributed by atoms with Crippen LogP contribution in [0.25, 0.3) is 11.1 Å². The Labute approximate surface area is 223 Å². The number of aliphatic hydroxyl groups excluding tert-OH is 1. The average molecular weight is 518 g/mol. The number of ether oxygens (including phenoxy) is 1. The summed E-state index contributed by atoms with van der Waals surface area (Å²) in [6.45, 7) is 7.03. The zero-order valence-corrected chi connectivity index (χ0v) is 22.3. The molecule has 0 aliphatic carbocycles.